The Morgan fingerprint density at radius 3 is 0.863 bits per heavy atom. The van der Waals surface area contributed by atoms with E-state index in [1.807, 2.05) is 0 Å². The number of hydrogen-bond acceptors (Lipinski definition) is 15. The number of hydrogen-bond donors (Lipinski definition) is 3. The van der Waals surface area contributed by atoms with Crippen molar-refractivity contribution in [2.75, 3.05) is 39.6 Å². The Kier molecular flexibility index (Phi) is 66.9. The van der Waals surface area contributed by atoms with Gasteiger partial charge >= 0.3 is 39.5 Å². The van der Waals surface area contributed by atoms with Gasteiger partial charge in [0.25, 0.3) is 0 Å². The van der Waals surface area contributed by atoms with Crippen LogP contribution in [0.2, 0.25) is 0 Å². The lowest BCUT2D eigenvalue weighted by Crippen LogP contribution is -2.30. The first-order chi connectivity index (χ1) is 46.0. The van der Waals surface area contributed by atoms with Gasteiger partial charge in [0.1, 0.15) is 19.3 Å². The standard InChI is InChI=1S/C76H144O17P2/c1-6-9-12-15-17-19-21-23-25-26-27-28-29-31-33-38-42-46-51-56-62-76(81)93-72(66-87-74(79)60-55-50-45-41-37-32-30-24-22-20-18-16-13-10-7-2)68-91-95(84,85)89-64-70(77)63-88-94(82,83)90-67-71(65-86-73(78)59-54-48-14-11-8-3)92-75(80)61-57-52-47-43-39-35-34-36-40-44-49-53-58-69(4)5/h20,22,24,30,69-72,77H,6-19,21,23,25-29,31-68H2,1-5H3,(H,82,83)(H,84,85)/b22-20-,30-24-/t70-,71+,72+/m0/s1. The van der Waals surface area contributed by atoms with Crippen molar-refractivity contribution in [1.82, 2.24) is 0 Å². The molecule has 0 heterocycles. The number of phosphoric acid groups is 2. The minimum atomic E-state index is -4.96. The number of ether oxygens (including phenoxy) is 4. The monoisotopic (exact) mass is 1390 g/mol. The molecule has 0 radical (unpaired) electrons. The molecule has 17 nitrogen and oxygen atoms in total. The van der Waals surface area contributed by atoms with E-state index in [0.717, 1.165) is 121 Å². The van der Waals surface area contributed by atoms with E-state index >= 15 is 0 Å². The smallest absolute Gasteiger partial charge is 0.462 e. The predicted molar refractivity (Wildman–Crippen MR) is 386 cm³/mol. The van der Waals surface area contributed by atoms with Crippen molar-refractivity contribution in [3.8, 4) is 0 Å². The Morgan fingerprint density at radius 1 is 0.326 bits per heavy atom. The molecule has 0 aromatic rings. The lowest BCUT2D eigenvalue weighted by Gasteiger charge is -2.21. The van der Waals surface area contributed by atoms with Crippen LogP contribution in [0.5, 0.6) is 0 Å². The van der Waals surface area contributed by atoms with E-state index in [1.54, 1.807) is 0 Å². The fourth-order valence-electron chi connectivity index (χ4n) is 11.2. The summed E-state index contributed by atoms with van der Waals surface area (Å²) in [6, 6.07) is 0. The largest absolute Gasteiger partial charge is 0.472 e. The molecule has 0 bridgehead atoms. The zero-order chi connectivity index (χ0) is 69.8. The lowest BCUT2D eigenvalue weighted by molar-refractivity contribution is -0.161. The molecule has 95 heavy (non-hydrogen) atoms. The second-order valence-corrected chi connectivity index (χ2v) is 30.1. The predicted octanol–water partition coefficient (Wildman–Crippen LogP) is 22.0. The van der Waals surface area contributed by atoms with E-state index in [1.165, 1.54) is 173 Å². The van der Waals surface area contributed by atoms with Crippen molar-refractivity contribution in [3.05, 3.63) is 24.3 Å². The second-order valence-electron chi connectivity index (χ2n) is 27.2. The average molecular weight is 1390 g/mol. The number of aliphatic hydroxyl groups is 1. The maximum absolute atomic E-state index is 13.1. The highest BCUT2D eigenvalue weighted by Crippen LogP contribution is 2.45. The SMILES string of the molecule is CCCCCC/C=C\C=C/CCCCCCCC(=O)OC[C@H](COP(=O)(O)OC[C@@H](O)COP(=O)(O)OC[C@@H](COC(=O)CCCCCCC)OC(=O)CCCCCCCCCCCCCCC(C)C)OC(=O)CCCCCCCCCCCCCCCCCCCCCC. The third-order valence-corrected chi connectivity index (χ3v) is 19.1. The van der Waals surface area contributed by atoms with Gasteiger partial charge in [0.05, 0.1) is 26.4 Å². The number of carbonyl (C=O) groups is 4. The van der Waals surface area contributed by atoms with E-state index in [4.69, 9.17) is 37.0 Å². The zero-order valence-corrected chi connectivity index (χ0v) is 63.1. The highest BCUT2D eigenvalue weighted by molar-refractivity contribution is 7.47. The van der Waals surface area contributed by atoms with E-state index in [9.17, 15) is 43.2 Å². The minimum absolute atomic E-state index is 0.102. The lowest BCUT2D eigenvalue weighted by atomic mass is 10.0. The number of aliphatic hydroxyl groups excluding tert-OH is 1. The van der Waals surface area contributed by atoms with Crippen LogP contribution in [0, 0.1) is 5.92 Å². The molecular weight excluding hydrogens is 1250 g/mol. The molecule has 0 saturated carbocycles. The fraction of sp³-hybridized carbons (Fsp3) is 0.895. The quantitative estimate of drug-likeness (QED) is 0.0169. The van der Waals surface area contributed by atoms with Crippen molar-refractivity contribution >= 4 is 39.5 Å². The number of allylic oxidation sites excluding steroid dienone is 4. The van der Waals surface area contributed by atoms with Crippen molar-refractivity contribution in [2.24, 2.45) is 5.92 Å². The molecule has 0 aliphatic carbocycles. The minimum Gasteiger partial charge on any atom is -0.462 e. The summed E-state index contributed by atoms with van der Waals surface area (Å²) in [5.41, 5.74) is 0. The van der Waals surface area contributed by atoms with Gasteiger partial charge in [0, 0.05) is 25.7 Å². The summed E-state index contributed by atoms with van der Waals surface area (Å²) in [6.07, 6.45) is 60.9. The van der Waals surface area contributed by atoms with Crippen molar-refractivity contribution in [1.29, 1.82) is 0 Å². The van der Waals surface area contributed by atoms with Gasteiger partial charge in [-0.15, -0.1) is 0 Å². The molecular formula is C76H144O17P2. The number of carbonyl (C=O) groups excluding carboxylic acids is 4. The average Bonchev–Trinajstić information content (AvgIpc) is 2.87. The highest BCUT2D eigenvalue weighted by Gasteiger charge is 2.30. The summed E-state index contributed by atoms with van der Waals surface area (Å²) in [6.45, 7) is 7.14. The molecule has 0 rings (SSSR count). The van der Waals surface area contributed by atoms with Crippen LogP contribution < -0.4 is 0 Å². The molecule has 0 spiro atoms. The van der Waals surface area contributed by atoms with Gasteiger partial charge in [-0.3, -0.25) is 37.3 Å². The number of phosphoric ester groups is 2. The molecule has 0 aromatic carbocycles. The van der Waals surface area contributed by atoms with Gasteiger partial charge in [-0.1, -0.05) is 322 Å². The molecule has 0 aliphatic heterocycles. The third-order valence-electron chi connectivity index (χ3n) is 17.2. The maximum atomic E-state index is 13.1. The first-order valence-corrected chi connectivity index (χ1v) is 41.9. The van der Waals surface area contributed by atoms with E-state index in [2.05, 4.69) is 58.9 Å². The van der Waals surface area contributed by atoms with Crippen molar-refractivity contribution in [2.45, 2.75) is 393 Å². The molecule has 0 saturated heterocycles. The van der Waals surface area contributed by atoms with Gasteiger partial charge in [-0.25, -0.2) is 9.13 Å². The molecule has 5 atom stereocenters. The van der Waals surface area contributed by atoms with E-state index < -0.39 is 97.5 Å². The fourth-order valence-corrected chi connectivity index (χ4v) is 12.7. The van der Waals surface area contributed by atoms with Gasteiger partial charge in [0.2, 0.25) is 0 Å². The van der Waals surface area contributed by atoms with Crippen LogP contribution in [0.3, 0.4) is 0 Å². The first kappa shape index (κ1) is 92.5. The molecule has 19 heteroatoms. The van der Waals surface area contributed by atoms with Crippen LogP contribution >= 0.6 is 15.6 Å². The van der Waals surface area contributed by atoms with Crippen molar-refractivity contribution in [3.63, 3.8) is 0 Å². The Balaban J connectivity index is 5.16. The maximum Gasteiger partial charge on any atom is 0.472 e. The summed E-state index contributed by atoms with van der Waals surface area (Å²) < 4.78 is 68.3. The summed E-state index contributed by atoms with van der Waals surface area (Å²) in [5.74, 6) is -1.38. The summed E-state index contributed by atoms with van der Waals surface area (Å²) in [7, 11) is -9.91. The number of esters is 4. The van der Waals surface area contributed by atoms with Crippen LogP contribution in [0.1, 0.15) is 375 Å². The first-order valence-electron chi connectivity index (χ1n) is 39.0. The molecule has 0 fully saturated rings. The Labute approximate surface area is 580 Å². The topological polar surface area (TPSA) is 237 Å². The highest BCUT2D eigenvalue weighted by atomic mass is 31.2. The Hall–Kier alpha value is -2.46. The zero-order valence-electron chi connectivity index (χ0n) is 61.3. The van der Waals surface area contributed by atoms with Gasteiger partial charge in [-0.05, 0) is 57.3 Å². The second kappa shape index (κ2) is 68.7. The van der Waals surface area contributed by atoms with Crippen LogP contribution in [-0.2, 0) is 65.4 Å². The van der Waals surface area contributed by atoms with Crippen LogP contribution in [0.25, 0.3) is 0 Å². The number of rotatable bonds is 74. The summed E-state index contributed by atoms with van der Waals surface area (Å²) in [4.78, 5) is 72.5. The molecule has 0 amide bonds. The molecule has 0 aromatic heterocycles. The van der Waals surface area contributed by atoms with E-state index in [0.29, 0.717) is 25.7 Å². The van der Waals surface area contributed by atoms with Crippen LogP contribution in [0.4, 0.5) is 0 Å². The van der Waals surface area contributed by atoms with Crippen molar-refractivity contribution < 1.29 is 80.2 Å². The molecule has 0 aliphatic rings. The molecule has 3 N–H and O–H groups in total. The van der Waals surface area contributed by atoms with Crippen LogP contribution in [0.15, 0.2) is 24.3 Å². The van der Waals surface area contributed by atoms with Gasteiger partial charge in [-0.2, -0.15) is 0 Å². The van der Waals surface area contributed by atoms with Crippen LogP contribution in [-0.4, -0.2) is 96.7 Å². The summed E-state index contributed by atoms with van der Waals surface area (Å²) >= 11 is 0. The third kappa shape index (κ3) is 69.8. The molecule has 560 valence electrons. The van der Waals surface area contributed by atoms with Gasteiger partial charge in [0.15, 0.2) is 12.2 Å². The Morgan fingerprint density at radius 2 is 0.568 bits per heavy atom. The Bertz CT molecular complexity index is 1920. The summed E-state index contributed by atoms with van der Waals surface area (Å²) in [5, 5.41) is 10.6. The number of unbranched alkanes of at least 4 members (excludes halogenated alkanes) is 43. The normalized spacial score (nSPS) is 14.1. The van der Waals surface area contributed by atoms with E-state index in [-0.39, 0.29) is 25.7 Å². The molecule has 2 unspecified atom stereocenters. The van der Waals surface area contributed by atoms with Gasteiger partial charge < -0.3 is 33.8 Å².